The average molecular weight is 146 g/mol. The monoisotopic (exact) mass is 146 g/mol. The van der Waals surface area contributed by atoms with E-state index in [-0.39, 0.29) is 5.60 Å². The van der Waals surface area contributed by atoms with Crippen molar-refractivity contribution in [3.63, 3.8) is 0 Å². The van der Waals surface area contributed by atoms with Crippen molar-refractivity contribution in [3.8, 4) is 5.75 Å². The third-order valence-corrected chi connectivity index (χ3v) is 2.82. The van der Waals surface area contributed by atoms with Gasteiger partial charge in [-0.15, -0.1) is 0 Å². The first-order chi connectivity index (χ1) is 5.30. The van der Waals surface area contributed by atoms with E-state index in [0.717, 1.165) is 5.75 Å². The van der Waals surface area contributed by atoms with E-state index in [1.54, 1.807) is 0 Å². The molecule has 1 heteroatoms. The predicted molar refractivity (Wildman–Crippen MR) is 42.8 cm³/mol. The minimum atomic E-state index is 0.170. The summed E-state index contributed by atoms with van der Waals surface area (Å²) in [5, 5.41) is 0. The van der Waals surface area contributed by atoms with Gasteiger partial charge in [0.25, 0.3) is 0 Å². The van der Waals surface area contributed by atoms with E-state index in [0.29, 0.717) is 5.92 Å². The van der Waals surface area contributed by atoms with Crippen LogP contribution in [0.4, 0.5) is 0 Å². The number of hydrogen-bond acceptors (Lipinski definition) is 1. The molecule has 1 aliphatic carbocycles. The van der Waals surface area contributed by atoms with E-state index in [4.69, 9.17) is 4.74 Å². The van der Waals surface area contributed by atoms with Crippen molar-refractivity contribution < 1.29 is 4.74 Å². The second-order valence-corrected chi connectivity index (χ2v) is 3.71. The zero-order chi connectivity index (χ0) is 7.47. The van der Waals surface area contributed by atoms with Crippen LogP contribution in [0.2, 0.25) is 0 Å². The lowest BCUT2D eigenvalue weighted by Crippen LogP contribution is -2.09. The van der Waals surface area contributed by atoms with Gasteiger partial charge in [-0.1, -0.05) is 18.2 Å². The van der Waals surface area contributed by atoms with Gasteiger partial charge < -0.3 is 4.74 Å². The van der Waals surface area contributed by atoms with Gasteiger partial charge in [0.2, 0.25) is 0 Å². The molecule has 1 aromatic rings. The summed E-state index contributed by atoms with van der Waals surface area (Å²) in [5.74, 6) is 1.80. The van der Waals surface area contributed by atoms with Crippen molar-refractivity contribution in [1.82, 2.24) is 0 Å². The fourth-order valence-electron chi connectivity index (χ4n) is 2.01. The van der Waals surface area contributed by atoms with Crippen LogP contribution in [0.5, 0.6) is 5.75 Å². The van der Waals surface area contributed by atoms with Crippen LogP contribution >= 0.6 is 0 Å². The standard InChI is InChI=1S/C10H10O/c1-10-6-8(10)7-4-2-3-5-9(7)11-10/h2-5,8H,6H2,1H3. The Morgan fingerprint density at radius 1 is 1.45 bits per heavy atom. The molecule has 0 radical (unpaired) electrons. The summed E-state index contributed by atoms with van der Waals surface area (Å²) in [5.41, 5.74) is 1.58. The van der Waals surface area contributed by atoms with E-state index in [1.165, 1.54) is 12.0 Å². The highest BCUT2D eigenvalue weighted by molar-refractivity contribution is 5.48. The quantitative estimate of drug-likeness (QED) is 0.545. The number of benzene rings is 1. The highest BCUT2D eigenvalue weighted by Gasteiger charge is 2.59. The number of rotatable bonds is 0. The Hall–Kier alpha value is -0.980. The molecule has 56 valence electrons. The summed E-state index contributed by atoms with van der Waals surface area (Å²) < 4.78 is 5.77. The number of hydrogen-bond donors (Lipinski definition) is 0. The SMILES string of the molecule is CC12CC1c1ccccc1O2. The summed E-state index contributed by atoms with van der Waals surface area (Å²) in [4.78, 5) is 0. The maximum atomic E-state index is 5.77. The average Bonchev–Trinajstić information content (AvgIpc) is 2.56. The summed E-state index contributed by atoms with van der Waals surface area (Å²) in [6.45, 7) is 2.19. The summed E-state index contributed by atoms with van der Waals surface area (Å²) >= 11 is 0. The first-order valence-corrected chi connectivity index (χ1v) is 4.07. The first-order valence-electron chi connectivity index (χ1n) is 4.07. The van der Waals surface area contributed by atoms with E-state index < -0.39 is 0 Å². The third-order valence-electron chi connectivity index (χ3n) is 2.82. The van der Waals surface area contributed by atoms with Gasteiger partial charge in [-0.3, -0.25) is 0 Å². The van der Waals surface area contributed by atoms with Crippen molar-refractivity contribution in [2.75, 3.05) is 0 Å². The fraction of sp³-hybridized carbons (Fsp3) is 0.400. The molecule has 1 aromatic carbocycles. The molecule has 2 atom stereocenters. The maximum Gasteiger partial charge on any atom is 0.123 e. The molecule has 0 N–H and O–H groups in total. The van der Waals surface area contributed by atoms with Gasteiger partial charge in [-0.2, -0.15) is 0 Å². The van der Waals surface area contributed by atoms with Gasteiger partial charge in [0.1, 0.15) is 11.4 Å². The van der Waals surface area contributed by atoms with Crippen molar-refractivity contribution in [3.05, 3.63) is 29.8 Å². The summed E-state index contributed by atoms with van der Waals surface area (Å²) in [6, 6.07) is 8.37. The molecule has 0 saturated heterocycles. The van der Waals surface area contributed by atoms with Gasteiger partial charge in [0.05, 0.1) is 0 Å². The molecule has 11 heavy (non-hydrogen) atoms. The Kier molecular flexibility index (Phi) is 0.743. The highest BCUT2D eigenvalue weighted by Crippen LogP contribution is 2.61. The van der Waals surface area contributed by atoms with Gasteiger partial charge in [-0.25, -0.2) is 0 Å². The predicted octanol–water partition coefficient (Wildman–Crippen LogP) is 2.33. The lowest BCUT2D eigenvalue weighted by atomic mass is 10.1. The lowest BCUT2D eigenvalue weighted by molar-refractivity contribution is 0.214. The molecule has 1 heterocycles. The smallest absolute Gasteiger partial charge is 0.123 e. The van der Waals surface area contributed by atoms with Crippen LogP contribution in [0, 0.1) is 0 Å². The second kappa shape index (κ2) is 1.45. The van der Waals surface area contributed by atoms with Crippen LogP contribution in [-0.4, -0.2) is 5.60 Å². The van der Waals surface area contributed by atoms with Crippen LogP contribution in [0.15, 0.2) is 24.3 Å². The molecule has 1 fully saturated rings. The molecular weight excluding hydrogens is 136 g/mol. The molecule has 2 aliphatic rings. The molecule has 3 rings (SSSR count). The van der Waals surface area contributed by atoms with E-state index >= 15 is 0 Å². The zero-order valence-corrected chi connectivity index (χ0v) is 6.50. The van der Waals surface area contributed by atoms with Gasteiger partial charge in [-0.05, 0) is 19.4 Å². The van der Waals surface area contributed by atoms with E-state index in [9.17, 15) is 0 Å². The number of para-hydroxylation sites is 1. The molecule has 0 amide bonds. The molecule has 0 aromatic heterocycles. The van der Waals surface area contributed by atoms with Gasteiger partial charge in [0, 0.05) is 11.5 Å². The minimum absolute atomic E-state index is 0.170. The molecule has 1 nitrogen and oxygen atoms in total. The third kappa shape index (κ3) is 0.566. The Bertz CT molecular complexity index is 318. The summed E-state index contributed by atoms with van der Waals surface area (Å²) in [6.07, 6.45) is 1.21. The van der Waals surface area contributed by atoms with E-state index in [2.05, 4.69) is 25.1 Å². The van der Waals surface area contributed by atoms with Crippen LogP contribution < -0.4 is 4.74 Å². The Morgan fingerprint density at radius 2 is 2.27 bits per heavy atom. The van der Waals surface area contributed by atoms with Crippen LogP contribution in [0.3, 0.4) is 0 Å². The molecule has 0 bridgehead atoms. The van der Waals surface area contributed by atoms with Crippen molar-refractivity contribution in [2.45, 2.75) is 24.9 Å². The van der Waals surface area contributed by atoms with Crippen LogP contribution in [0.1, 0.15) is 24.8 Å². The van der Waals surface area contributed by atoms with Gasteiger partial charge in [0.15, 0.2) is 0 Å². The maximum absolute atomic E-state index is 5.77. The second-order valence-electron chi connectivity index (χ2n) is 3.71. The Labute approximate surface area is 66.0 Å². The minimum Gasteiger partial charge on any atom is -0.487 e. The molecule has 1 saturated carbocycles. The first kappa shape index (κ1) is 5.64. The summed E-state index contributed by atoms with van der Waals surface area (Å²) in [7, 11) is 0. The highest BCUT2D eigenvalue weighted by atomic mass is 16.5. The molecule has 1 aliphatic heterocycles. The van der Waals surface area contributed by atoms with Crippen LogP contribution in [0.25, 0.3) is 0 Å². The Morgan fingerprint density at radius 3 is 3.09 bits per heavy atom. The van der Waals surface area contributed by atoms with E-state index in [1.807, 2.05) is 6.07 Å². The van der Waals surface area contributed by atoms with Crippen molar-refractivity contribution in [2.24, 2.45) is 0 Å². The van der Waals surface area contributed by atoms with Crippen molar-refractivity contribution >= 4 is 0 Å². The molecule has 0 spiro atoms. The number of ether oxygens (including phenoxy) is 1. The van der Waals surface area contributed by atoms with Crippen LogP contribution in [-0.2, 0) is 0 Å². The fourth-order valence-corrected chi connectivity index (χ4v) is 2.01. The Balaban J connectivity index is 2.18. The lowest BCUT2D eigenvalue weighted by Gasteiger charge is -2.07. The molecular formula is C10H10O. The zero-order valence-electron chi connectivity index (χ0n) is 6.50. The number of fused-ring (bicyclic) bond motifs is 3. The van der Waals surface area contributed by atoms with Crippen molar-refractivity contribution in [1.29, 1.82) is 0 Å². The normalized spacial score (nSPS) is 37.4. The topological polar surface area (TPSA) is 9.23 Å². The van der Waals surface area contributed by atoms with Gasteiger partial charge >= 0.3 is 0 Å². The largest absolute Gasteiger partial charge is 0.487 e. The molecule has 2 unspecified atom stereocenters.